The predicted molar refractivity (Wildman–Crippen MR) is 57.6 cm³/mol. The molecule has 1 unspecified atom stereocenters. The van der Waals surface area contributed by atoms with E-state index in [0.29, 0.717) is 5.82 Å². The van der Waals surface area contributed by atoms with E-state index in [1.54, 1.807) is 0 Å². The highest BCUT2D eigenvalue weighted by Gasteiger charge is 2.12. The lowest BCUT2D eigenvalue weighted by molar-refractivity contribution is -0.146. The largest absolute Gasteiger partial charge is 0.479 e. The Hall–Kier alpha value is -2.09. The zero-order valence-corrected chi connectivity index (χ0v) is 8.42. The van der Waals surface area contributed by atoms with Crippen LogP contribution >= 0.6 is 0 Å². The van der Waals surface area contributed by atoms with Gasteiger partial charge in [0.2, 0.25) is 0 Å². The SMILES string of the molecule is Nc1ncnc(NCCC(O)C(=O)O)c1N. The third-order valence-corrected chi connectivity index (χ3v) is 1.91. The minimum Gasteiger partial charge on any atom is -0.479 e. The van der Waals surface area contributed by atoms with Gasteiger partial charge in [-0.3, -0.25) is 0 Å². The Labute approximate surface area is 91.3 Å². The van der Waals surface area contributed by atoms with Gasteiger partial charge in [0.05, 0.1) is 0 Å². The normalized spacial score (nSPS) is 12.1. The minimum atomic E-state index is -1.41. The number of nitrogens with zero attached hydrogens (tertiary/aromatic N) is 2. The number of rotatable bonds is 5. The van der Waals surface area contributed by atoms with Gasteiger partial charge in [0.25, 0.3) is 0 Å². The smallest absolute Gasteiger partial charge is 0.332 e. The highest BCUT2D eigenvalue weighted by molar-refractivity contribution is 5.73. The molecule has 1 rings (SSSR count). The maximum Gasteiger partial charge on any atom is 0.332 e. The molecule has 0 saturated heterocycles. The van der Waals surface area contributed by atoms with Gasteiger partial charge >= 0.3 is 5.97 Å². The van der Waals surface area contributed by atoms with Crippen molar-refractivity contribution in [1.29, 1.82) is 0 Å². The molecule has 0 aromatic carbocycles. The molecule has 0 radical (unpaired) electrons. The van der Waals surface area contributed by atoms with Crippen molar-refractivity contribution in [3.8, 4) is 0 Å². The molecular weight excluding hydrogens is 214 g/mol. The summed E-state index contributed by atoms with van der Waals surface area (Å²) in [5, 5.41) is 20.2. The van der Waals surface area contributed by atoms with Gasteiger partial charge in [0.1, 0.15) is 12.0 Å². The highest BCUT2D eigenvalue weighted by atomic mass is 16.4. The Morgan fingerprint density at radius 1 is 1.50 bits per heavy atom. The van der Waals surface area contributed by atoms with Crippen molar-refractivity contribution in [3.05, 3.63) is 6.33 Å². The molecule has 0 aliphatic rings. The molecule has 0 saturated carbocycles. The zero-order chi connectivity index (χ0) is 12.1. The van der Waals surface area contributed by atoms with Crippen LogP contribution in [0.2, 0.25) is 0 Å². The van der Waals surface area contributed by atoms with Crippen LogP contribution in [0.4, 0.5) is 17.3 Å². The molecule has 1 atom stereocenters. The average Bonchev–Trinajstić information content (AvgIpc) is 2.24. The molecule has 88 valence electrons. The molecule has 0 fully saturated rings. The van der Waals surface area contributed by atoms with E-state index in [0.717, 1.165) is 0 Å². The number of nitrogens with one attached hydrogen (secondary N) is 1. The van der Waals surface area contributed by atoms with Gasteiger partial charge in [-0.25, -0.2) is 14.8 Å². The molecule has 7 N–H and O–H groups in total. The van der Waals surface area contributed by atoms with Gasteiger partial charge in [-0.15, -0.1) is 0 Å². The summed E-state index contributed by atoms with van der Waals surface area (Å²) in [5.74, 6) is -0.793. The Balaban J connectivity index is 2.49. The van der Waals surface area contributed by atoms with Gasteiger partial charge in [-0.05, 0) is 0 Å². The molecule has 1 aromatic heterocycles. The van der Waals surface area contributed by atoms with Crippen molar-refractivity contribution in [3.63, 3.8) is 0 Å². The monoisotopic (exact) mass is 227 g/mol. The molecule has 0 spiro atoms. The van der Waals surface area contributed by atoms with Gasteiger partial charge < -0.3 is 27.0 Å². The quantitative estimate of drug-likeness (QED) is 0.425. The maximum atomic E-state index is 10.3. The number of carboxylic acid groups (broad SMARTS) is 1. The molecule has 8 nitrogen and oxygen atoms in total. The number of nitrogens with two attached hydrogens (primary N) is 2. The minimum absolute atomic E-state index is 0.0404. The highest BCUT2D eigenvalue weighted by Crippen LogP contribution is 2.18. The number of anilines is 3. The number of carboxylic acids is 1. The van der Waals surface area contributed by atoms with E-state index >= 15 is 0 Å². The summed E-state index contributed by atoms with van der Waals surface area (Å²) in [6, 6.07) is 0. The molecule has 0 amide bonds. The fourth-order valence-electron chi connectivity index (χ4n) is 1.00. The Morgan fingerprint density at radius 3 is 2.81 bits per heavy atom. The lowest BCUT2D eigenvalue weighted by atomic mass is 10.2. The van der Waals surface area contributed by atoms with Gasteiger partial charge in [0, 0.05) is 13.0 Å². The summed E-state index contributed by atoms with van der Waals surface area (Å²) in [6.45, 7) is 0.216. The van der Waals surface area contributed by atoms with Crippen molar-refractivity contribution in [1.82, 2.24) is 9.97 Å². The molecule has 8 heteroatoms. The maximum absolute atomic E-state index is 10.3. The molecule has 0 bridgehead atoms. The number of aromatic nitrogens is 2. The van der Waals surface area contributed by atoms with Crippen LogP contribution in [-0.2, 0) is 4.79 Å². The first kappa shape index (κ1) is 12.0. The molecule has 1 aromatic rings. The van der Waals surface area contributed by atoms with Crippen molar-refractivity contribution in [2.45, 2.75) is 12.5 Å². The average molecular weight is 227 g/mol. The first-order valence-corrected chi connectivity index (χ1v) is 4.53. The van der Waals surface area contributed by atoms with Crippen molar-refractivity contribution < 1.29 is 15.0 Å². The fraction of sp³-hybridized carbons (Fsp3) is 0.375. The number of carbonyl (C=O) groups is 1. The zero-order valence-electron chi connectivity index (χ0n) is 8.42. The van der Waals surface area contributed by atoms with E-state index < -0.39 is 12.1 Å². The lowest BCUT2D eigenvalue weighted by Gasteiger charge is -2.09. The molecular formula is C8H13N5O3. The van der Waals surface area contributed by atoms with Gasteiger partial charge in [0.15, 0.2) is 17.7 Å². The number of nitrogen functional groups attached to an aromatic ring is 2. The molecule has 16 heavy (non-hydrogen) atoms. The van der Waals surface area contributed by atoms with Crippen LogP contribution in [0.15, 0.2) is 6.33 Å². The second kappa shape index (κ2) is 5.12. The molecule has 0 aliphatic carbocycles. The first-order valence-electron chi connectivity index (χ1n) is 4.53. The van der Waals surface area contributed by atoms with Crippen LogP contribution < -0.4 is 16.8 Å². The fourth-order valence-corrected chi connectivity index (χ4v) is 1.00. The lowest BCUT2D eigenvalue weighted by Crippen LogP contribution is -2.23. The van der Waals surface area contributed by atoms with Gasteiger partial charge in [-0.1, -0.05) is 0 Å². The Kier molecular flexibility index (Phi) is 3.84. The summed E-state index contributed by atoms with van der Waals surface area (Å²) in [4.78, 5) is 17.8. The van der Waals surface area contributed by atoms with Crippen molar-refractivity contribution in [2.24, 2.45) is 0 Å². The molecule has 0 aliphatic heterocycles. The van der Waals surface area contributed by atoms with Crippen LogP contribution in [0.3, 0.4) is 0 Å². The van der Waals surface area contributed by atoms with Crippen molar-refractivity contribution in [2.75, 3.05) is 23.3 Å². The summed E-state index contributed by atoms with van der Waals surface area (Å²) in [6.07, 6.45) is -0.131. The van der Waals surface area contributed by atoms with Crippen molar-refractivity contribution >= 4 is 23.3 Å². The third kappa shape index (κ3) is 2.95. The first-order chi connectivity index (χ1) is 7.52. The van der Waals surface area contributed by atoms with E-state index in [-0.39, 0.29) is 24.5 Å². The Bertz CT molecular complexity index is 384. The number of aliphatic hydroxyl groups is 1. The van der Waals surface area contributed by atoms with Crippen LogP contribution in [0.25, 0.3) is 0 Å². The number of hydrogen-bond donors (Lipinski definition) is 5. The van der Waals surface area contributed by atoms with E-state index in [1.165, 1.54) is 6.33 Å². The second-order valence-corrected chi connectivity index (χ2v) is 3.09. The molecule has 1 heterocycles. The summed E-state index contributed by atoms with van der Waals surface area (Å²) >= 11 is 0. The Morgan fingerprint density at radius 2 is 2.19 bits per heavy atom. The third-order valence-electron chi connectivity index (χ3n) is 1.91. The number of hydrogen-bond acceptors (Lipinski definition) is 7. The topological polar surface area (TPSA) is 147 Å². The van der Waals surface area contributed by atoms with E-state index in [2.05, 4.69) is 15.3 Å². The van der Waals surface area contributed by atoms with E-state index in [9.17, 15) is 4.79 Å². The number of aliphatic carboxylic acids is 1. The summed E-state index contributed by atoms with van der Waals surface area (Å²) in [5.41, 5.74) is 11.2. The predicted octanol–water partition coefficient (Wildman–Crippen LogP) is -1.11. The summed E-state index contributed by atoms with van der Waals surface area (Å²) < 4.78 is 0. The van der Waals surface area contributed by atoms with Crippen LogP contribution in [0.1, 0.15) is 6.42 Å². The van der Waals surface area contributed by atoms with Gasteiger partial charge in [-0.2, -0.15) is 0 Å². The second-order valence-electron chi connectivity index (χ2n) is 3.09. The van der Waals surface area contributed by atoms with E-state index in [1.807, 2.05) is 0 Å². The number of aliphatic hydroxyl groups excluding tert-OH is 1. The van der Waals surface area contributed by atoms with Crippen LogP contribution in [-0.4, -0.2) is 38.8 Å². The standard InChI is InChI=1S/C8H13N5O3/c9-5-6(10)12-3-13-7(5)11-2-1-4(14)8(15)16/h3-4,14H,1-2,9H2,(H,15,16)(H3,10,11,12,13). The van der Waals surface area contributed by atoms with E-state index in [4.69, 9.17) is 21.7 Å². The van der Waals surface area contributed by atoms with Crippen LogP contribution in [0.5, 0.6) is 0 Å². The summed E-state index contributed by atoms with van der Waals surface area (Å²) in [7, 11) is 0. The van der Waals surface area contributed by atoms with Crippen LogP contribution in [0, 0.1) is 0 Å².